The van der Waals surface area contributed by atoms with Gasteiger partial charge in [-0.25, -0.2) is 9.37 Å². The molecule has 0 saturated carbocycles. The zero-order valence-corrected chi connectivity index (χ0v) is 19.7. The molecule has 1 aromatic carbocycles. The molecule has 3 rings (SSSR count). The minimum atomic E-state index is -4.61. The minimum absolute atomic E-state index is 0.0145. The van der Waals surface area contributed by atoms with Gasteiger partial charge in [0.1, 0.15) is 17.7 Å². The van der Waals surface area contributed by atoms with Crippen LogP contribution < -0.4 is 9.80 Å². The molecular weight excluding hydrogens is 478 g/mol. The maximum atomic E-state index is 13.7. The second-order valence-corrected chi connectivity index (χ2v) is 8.78. The van der Waals surface area contributed by atoms with E-state index < -0.39 is 47.4 Å². The summed E-state index contributed by atoms with van der Waals surface area (Å²) in [6.45, 7) is 4.84. The first-order valence-electron chi connectivity index (χ1n) is 10.5. The summed E-state index contributed by atoms with van der Waals surface area (Å²) in [4.78, 5) is 33.0. The highest BCUT2D eigenvalue weighted by Crippen LogP contribution is 2.36. The van der Waals surface area contributed by atoms with Crippen molar-refractivity contribution in [1.29, 1.82) is 0 Å². The van der Waals surface area contributed by atoms with Gasteiger partial charge in [0, 0.05) is 24.0 Å². The number of alkyl halides is 3. The topological polar surface area (TPSA) is 62.7 Å². The fourth-order valence-corrected chi connectivity index (χ4v) is 4.27. The number of methoxy groups -OCH3 is 1. The number of anilines is 2. The number of amides is 1. The molecule has 2 atom stereocenters. The summed E-state index contributed by atoms with van der Waals surface area (Å²) in [5.41, 5.74) is -0.474. The molecule has 6 nitrogen and oxygen atoms in total. The summed E-state index contributed by atoms with van der Waals surface area (Å²) < 4.78 is 58.8. The molecule has 0 radical (unpaired) electrons. The first-order chi connectivity index (χ1) is 15.8. The molecule has 0 N–H and O–H groups in total. The summed E-state index contributed by atoms with van der Waals surface area (Å²) in [6, 6.07) is 4.19. The van der Waals surface area contributed by atoms with Crippen LogP contribution in [0.1, 0.15) is 31.5 Å². The molecular formula is C23H24ClF4N3O3. The molecule has 1 saturated heterocycles. The summed E-state index contributed by atoms with van der Waals surface area (Å²) in [7, 11) is 1.20. The molecule has 1 aromatic heterocycles. The van der Waals surface area contributed by atoms with Gasteiger partial charge in [0.05, 0.1) is 23.6 Å². The van der Waals surface area contributed by atoms with Gasteiger partial charge in [0.25, 0.3) is 0 Å². The number of benzene rings is 1. The number of carbonyl (C=O) groups is 2. The Hall–Kier alpha value is -2.88. The van der Waals surface area contributed by atoms with E-state index in [4.69, 9.17) is 16.3 Å². The van der Waals surface area contributed by atoms with Crippen LogP contribution in [0.2, 0.25) is 5.02 Å². The number of ether oxygens (including phenoxy) is 1. The Bertz CT molecular complexity index is 1090. The van der Waals surface area contributed by atoms with E-state index in [2.05, 4.69) is 4.98 Å². The molecule has 0 aliphatic carbocycles. The normalized spacial score (nSPS) is 18.4. The summed E-state index contributed by atoms with van der Waals surface area (Å²) >= 11 is 5.91. The lowest BCUT2D eigenvalue weighted by Gasteiger charge is -2.33. The van der Waals surface area contributed by atoms with Gasteiger partial charge < -0.3 is 14.5 Å². The SMILES string of the molecule is COC(=O)C1CC(C(=O)N(c2ccc(F)c(Cl)c2)C(C)C)N(c2cc(C(F)(F)F)cc(C)n2)C1. The quantitative estimate of drug-likeness (QED) is 0.426. The van der Waals surface area contributed by atoms with Crippen molar-refractivity contribution in [3.05, 3.63) is 52.4 Å². The van der Waals surface area contributed by atoms with Crippen molar-refractivity contribution in [3.63, 3.8) is 0 Å². The highest BCUT2D eigenvalue weighted by molar-refractivity contribution is 6.31. The van der Waals surface area contributed by atoms with Crippen molar-refractivity contribution in [2.75, 3.05) is 23.5 Å². The first-order valence-corrected chi connectivity index (χ1v) is 10.9. The fraction of sp³-hybridized carbons (Fsp3) is 0.435. The maximum absolute atomic E-state index is 13.7. The van der Waals surface area contributed by atoms with E-state index in [0.717, 1.165) is 18.2 Å². The number of aryl methyl sites for hydroxylation is 1. The number of rotatable bonds is 5. The highest BCUT2D eigenvalue weighted by atomic mass is 35.5. The standard InChI is InChI=1S/C23H24ClF4N3O3/c1-12(2)31(16-5-6-18(25)17(24)10-16)21(32)19-8-14(22(33)34-4)11-30(19)20-9-15(23(26,27)28)7-13(3)29-20/h5-7,9-10,12,14,19H,8,11H2,1-4H3. The van der Waals surface area contributed by atoms with Gasteiger partial charge in [-0.15, -0.1) is 0 Å². The van der Waals surface area contributed by atoms with Crippen LogP contribution >= 0.6 is 11.6 Å². The van der Waals surface area contributed by atoms with Crippen LogP contribution in [0, 0.1) is 18.7 Å². The lowest BCUT2D eigenvalue weighted by atomic mass is 10.0. The smallest absolute Gasteiger partial charge is 0.416 e. The van der Waals surface area contributed by atoms with Crippen molar-refractivity contribution in [2.45, 2.75) is 45.5 Å². The molecule has 1 amide bonds. The number of halogens is 5. The first kappa shape index (κ1) is 25.7. The number of carbonyl (C=O) groups excluding carboxylic acids is 2. The summed E-state index contributed by atoms with van der Waals surface area (Å²) in [6.07, 6.45) is -4.60. The monoisotopic (exact) mass is 501 g/mol. The second kappa shape index (κ2) is 9.77. The van der Waals surface area contributed by atoms with Crippen molar-refractivity contribution >= 4 is 35.0 Å². The predicted octanol–water partition coefficient (Wildman–Crippen LogP) is 5.01. The van der Waals surface area contributed by atoms with Gasteiger partial charge in [0.15, 0.2) is 0 Å². The third kappa shape index (κ3) is 5.27. The summed E-state index contributed by atoms with van der Waals surface area (Å²) in [5.74, 6) is -2.54. The Balaban J connectivity index is 2.07. The van der Waals surface area contributed by atoms with Gasteiger partial charge in [-0.3, -0.25) is 9.59 Å². The van der Waals surface area contributed by atoms with Crippen LogP contribution in [-0.2, 0) is 20.5 Å². The van der Waals surface area contributed by atoms with Crippen molar-refractivity contribution in [3.8, 4) is 0 Å². The van der Waals surface area contributed by atoms with E-state index >= 15 is 0 Å². The zero-order chi connectivity index (χ0) is 25.4. The minimum Gasteiger partial charge on any atom is -0.469 e. The van der Waals surface area contributed by atoms with Crippen LogP contribution in [0.15, 0.2) is 30.3 Å². The molecule has 11 heteroatoms. The predicted molar refractivity (Wildman–Crippen MR) is 119 cm³/mol. The highest BCUT2D eigenvalue weighted by Gasteiger charge is 2.44. The molecule has 0 spiro atoms. The number of esters is 1. The molecule has 0 bridgehead atoms. The zero-order valence-electron chi connectivity index (χ0n) is 19.0. The van der Waals surface area contributed by atoms with Crippen LogP contribution in [0.5, 0.6) is 0 Å². The Labute approximate surface area is 199 Å². The van der Waals surface area contributed by atoms with E-state index in [1.807, 2.05) is 0 Å². The maximum Gasteiger partial charge on any atom is 0.416 e. The van der Waals surface area contributed by atoms with Crippen molar-refractivity contribution in [2.24, 2.45) is 5.92 Å². The number of nitrogens with zero attached hydrogens (tertiary/aromatic N) is 3. The average Bonchev–Trinajstić information content (AvgIpc) is 3.20. The number of pyridine rings is 1. The number of aromatic nitrogens is 1. The number of hydrogen-bond acceptors (Lipinski definition) is 5. The third-order valence-electron chi connectivity index (χ3n) is 5.62. The Morgan fingerprint density at radius 1 is 1.24 bits per heavy atom. The molecule has 1 fully saturated rings. The summed E-state index contributed by atoms with van der Waals surface area (Å²) in [5, 5.41) is -0.179. The van der Waals surface area contributed by atoms with Crippen molar-refractivity contribution < 1.29 is 31.9 Å². The second-order valence-electron chi connectivity index (χ2n) is 8.38. The number of hydrogen-bond donors (Lipinski definition) is 0. The molecule has 1 aliphatic heterocycles. The van der Waals surface area contributed by atoms with E-state index in [-0.39, 0.29) is 29.5 Å². The lowest BCUT2D eigenvalue weighted by Crippen LogP contribution is -2.49. The van der Waals surface area contributed by atoms with E-state index in [1.165, 1.54) is 36.0 Å². The third-order valence-corrected chi connectivity index (χ3v) is 5.91. The van der Waals surface area contributed by atoms with Crippen LogP contribution in [0.4, 0.5) is 29.1 Å². The molecule has 2 unspecified atom stereocenters. The van der Waals surface area contributed by atoms with Gasteiger partial charge in [-0.1, -0.05) is 11.6 Å². The van der Waals surface area contributed by atoms with Crippen LogP contribution in [0.3, 0.4) is 0 Å². The van der Waals surface area contributed by atoms with Crippen LogP contribution in [-0.4, -0.2) is 42.6 Å². The van der Waals surface area contributed by atoms with Gasteiger partial charge in [-0.2, -0.15) is 13.2 Å². The van der Waals surface area contributed by atoms with Crippen molar-refractivity contribution in [1.82, 2.24) is 4.98 Å². The molecule has 34 heavy (non-hydrogen) atoms. The van der Waals surface area contributed by atoms with Gasteiger partial charge >= 0.3 is 12.1 Å². The average molecular weight is 502 g/mol. The molecule has 1 aliphatic rings. The lowest BCUT2D eigenvalue weighted by molar-refractivity contribution is -0.144. The largest absolute Gasteiger partial charge is 0.469 e. The Morgan fingerprint density at radius 2 is 1.91 bits per heavy atom. The Kier molecular flexibility index (Phi) is 7.40. The molecule has 2 aromatic rings. The molecule has 184 valence electrons. The van der Waals surface area contributed by atoms with Gasteiger partial charge in [0.2, 0.25) is 5.91 Å². The fourth-order valence-electron chi connectivity index (χ4n) is 4.10. The van der Waals surface area contributed by atoms with E-state index in [9.17, 15) is 27.2 Å². The molecule has 2 heterocycles. The van der Waals surface area contributed by atoms with Gasteiger partial charge in [-0.05, 0) is 57.5 Å². The van der Waals surface area contributed by atoms with E-state index in [0.29, 0.717) is 5.69 Å². The van der Waals surface area contributed by atoms with Crippen LogP contribution in [0.25, 0.3) is 0 Å². The Morgan fingerprint density at radius 3 is 2.47 bits per heavy atom. The van der Waals surface area contributed by atoms with E-state index in [1.54, 1.807) is 13.8 Å².